The molecule has 0 radical (unpaired) electrons. The van der Waals surface area contributed by atoms with Crippen LogP contribution in [-0.4, -0.2) is 19.0 Å². The highest BCUT2D eigenvalue weighted by Crippen LogP contribution is 2.23. The quantitative estimate of drug-likeness (QED) is 0.910. The fourth-order valence-electron chi connectivity index (χ4n) is 2.99. The van der Waals surface area contributed by atoms with E-state index in [9.17, 15) is 4.79 Å². The lowest BCUT2D eigenvalue weighted by Crippen LogP contribution is -2.42. The summed E-state index contributed by atoms with van der Waals surface area (Å²) < 4.78 is 0. The Bertz CT molecular complexity index is 552. The molecule has 1 heterocycles. The molecule has 1 aliphatic rings. The molecule has 1 unspecified atom stereocenters. The fraction of sp³-hybridized carbons (Fsp3) is 0.316. The van der Waals surface area contributed by atoms with E-state index in [1.165, 1.54) is 0 Å². The van der Waals surface area contributed by atoms with Gasteiger partial charge in [-0.2, -0.15) is 0 Å². The fourth-order valence-corrected chi connectivity index (χ4v) is 2.99. The average Bonchev–Trinajstić information content (AvgIpc) is 2.62. The first-order valence-electron chi connectivity index (χ1n) is 7.95. The molecule has 1 aliphatic heterocycles. The molecular formula is C19H22N2O. The second kappa shape index (κ2) is 7.23. The molecule has 1 amide bonds. The third-order valence-electron chi connectivity index (χ3n) is 4.22. The van der Waals surface area contributed by atoms with Gasteiger partial charge in [-0.25, -0.2) is 0 Å². The molecule has 114 valence electrons. The Hall–Kier alpha value is -2.13. The van der Waals surface area contributed by atoms with E-state index in [2.05, 4.69) is 34.9 Å². The lowest BCUT2D eigenvalue weighted by atomic mass is 9.95. The van der Waals surface area contributed by atoms with Crippen LogP contribution in [0.15, 0.2) is 60.7 Å². The van der Waals surface area contributed by atoms with Crippen LogP contribution < -0.4 is 10.6 Å². The Morgan fingerprint density at radius 2 is 1.59 bits per heavy atom. The van der Waals surface area contributed by atoms with E-state index >= 15 is 0 Å². The molecule has 0 aliphatic carbocycles. The maximum Gasteiger partial charge on any atom is 0.225 e. The molecule has 2 N–H and O–H groups in total. The maximum atomic E-state index is 12.6. The summed E-state index contributed by atoms with van der Waals surface area (Å²) in [5.41, 5.74) is 2.23. The predicted molar refractivity (Wildman–Crippen MR) is 88.5 cm³/mol. The van der Waals surface area contributed by atoms with Gasteiger partial charge in [0.15, 0.2) is 0 Å². The van der Waals surface area contributed by atoms with Gasteiger partial charge in [0.05, 0.1) is 12.0 Å². The second-order valence-electron chi connectivity index (χ2n) is 5.81. The first-order chi connectivity index (χ1) is 10.8. The predicted octanol–water partition coefficient (Wildman–Crippen LogP) is 2.89. The van der Waals surface area contributed by atoms with E-state index in [0.29, 0.717) is 0 Å². The number of rotatable bonds is 4. The highest BCUT2D eigenvalue weighted by Gasteiger charge is 2.24. The minimum Gasteiger partial charge on any atom is -0.345 e. The number of amides is 1. The van der Waals surface area contributed by atoms with Crippen molar-refractivity contribution in [2.75, 3.05) is 13.1 Å². The molecule has 1 atom stereocenters. The summed E-state index contributed by atoms with van der Waals surface area (Å²) in [4.78, 5) is 12.6. The standard InChI is InChI=1S/C19H22N2O/c22-19(17-12-7-13-20-14-17)21-18(15-8-3-1-4-9-15)16-10-5-2-6-11-16/h1-6,8-11,17-18,20H,7,12-14H2,(H,21,22). The summed E-state index contributed by atoms with van der Waals surface area (Å²) >= 11 is 0. The van der Waals surface area contributed by atoms with Gasteiger partial charge in [-0.15, -0.1) is 0 Å². The summed E-state index contributed by atoms with van der Waals surface area (Å²) in [5.74, 6) is 0.216. The van der Waals surface area contributed by atoms with Crippen molar-refractivity contribution in [3.05, 3.63) is 71.8 Å². The molecule has 2 aromatic carbocycles. The molecular weight excluding hydrogens is 272 g/mol. The van der Waals surface area contributed by atoms with Crippen molar-refractivity contribution < 1.29 is 4.79 Å². The zero-order chi connectivity index (χ0) is 15.2. The van der Waals surface area contributed by atoms with Crippen LogP contribution >= 0.6 is 0 Å². The van der Waals surface area contributed by atoms with Gasteiger partial charge in [0, 0.05) is 6.54 Å². The van der Waals surface area contributed by atoms with Crippen molar-refractivity contribution in [2.24, 2.45) is 5.92 Å². The molecule has 0 saturated carbocycles. The van der Waals surface area contributed by atoms with Crippen LogP contribution in [0.1, 0.15) is 30.0 Å². The van der Waals surface area contributed by atoms with Gasteiger partial charge in [0.2, 0.25) is 5.91 Å². The Morgan fingerprint density at radius 1 is 1.00 bits per heavy atom. The third-order valence-corrected chi connectivity index (χ3v) is 4.22. The lowest BCUT2D eigenvalue weighted by Gasteiger charge is -2.26. The molecule has 3 nitrogen and oxygen atoms in total. The Labute approximate surface area is 131 Å². The molecule has 3 rings (SSSR count). The van der Waals surface area contributed by atoms with Crippen LogP contribution in [0.3, 0.4) is 0 Å². The van der Waals surface area contributed by atoms with Gasteiger partial charge in [-0.05, 0) is 30.5 Å². The Morgan fingerprint density at radius 3 is 2.09 bits per heavy atom. The first kappa shape index (κ1) is 14.8. The largest absolute Gasteiger partial charge is 0.345 e. The van der Waals surface area contributed by atoms with Gasteiger partial charge in [-0.1, -0.05) is 60.7 Å². The number of carbonyl (C=O) groups is 1. The van der Waals surface area contributed by atoms with Gasteiger partial charge in [0.25, 0.3) is 0 Å². The minimum absolute atomic E-state index is 0.0728. The normalized spacial score (nSPS) is 18.1. The van der Waals surface area contributed by atoms with Crippen LogP contribution in [0.25, 0.3) is 0 Å². The maximum absolute atomic E-state index is 12.6. The van der Waals surface area contributed by atoms with Gasteiger partial charge in [-0.3, -0.25) is 4.79 Å². The summed E-state index contributed by atoms with van der Waals surface area (Å²) in [5, 5.41) is 6.55. The third kappa shape index (κ3) is 3.55. The van der Waals surface area contributed by atoms with E-state index in [1.54, 1.807) is 0 Å². The second-order valence-corrected chi connectivity index (χ2v) is 5.81. The smallest absolute Gasteiger partial charge is 0.225 e. The van der Waals surface area contributed by atoms with Gasteiger partial charge < -0.3 is 10.6 Å². The van der Waals surface area contributed by atoms with Gasteiger partial charge >= 0.3 is 0 Å². The number of piperidine rings is 1. The van der Waals surface area contributed by atoms with Crippen LogP contribution in [0, 0.1) is 5.92 Å². The van der Waals surface area contributed by atoms with E-state index in [-0.39, 0.29) is 17.9 Å². The minimum atomic E-state index is -0.0863. The van der Waals surface area contributed by atoms with Gasteiger partial charge in [0.1, 0.15) is 0 Å². The summed E-state index contributed by atoms with van der Waals surface area (Å²) in [6.07, 6.45) is 2.04. The molecule has 1 saturated heterocycles. The van der Waals surface area contributed by atoms with E-state index in [1.807, 2.05) is 36.4 Å². The van der Waals surface area contributed by atoms with Crippen molar-refractivity contribution in [1.29, 1.82) is 0 Å². The van der Waals surface area contributed by atoms with Crippen LogP contribution in [0.2, 0.25) is 0 Å². The lowest BCUT2D eigenvalue weighted by molar-refractivity contribution is -0.126. The van der Waals surface area contributed by atoms with E-state index in [4.69, 9.17) is 0 Å². The van der Waals surface area contributed by atoms with Crippen molar-refractivity contribution in [2.45, 2.75) is 18.9 Å². The molecule has 2 aromatic rings. The number of carbonyl (C=O) groups excluding carboxylic acids is 1. The topological polar surface area (TPSA) is 41.1 Å². The highest BCUT2D eigenvalue weighted by atomic mass is 16.2. The first-order valence-corrected chi connectivity index (χ1v) is 7.95. The summed E-state index contributed by atoms with van der Waals surface area (Å²) in [6, 6.07) is 20.2. The van der Waals surface area contributed by atoms with Crippen molar-refractivity contribution in [1.82, 2.24) is 10.6 Å². The SMILES string of the molecule is O=C(NC(c1ccccc1)c1ccccc1)C1CCCNC1. The molecule has 0 bridgehead atoms. The molecule has 3 heteroatoms. The zero-order valence-corrected chi connectivity index (χ0v) is 12.7. The summed E-state index contributed by atoms with van der Waals surface area (Å²) in [6.45, 7) is 1.80. The van der Waals surface area contributed by atoms with Crippen LogP contribution in [0.4, 0.5) is 0 Å². The highest BCUT2D eigenvalue weighted by molar-refractivity contribution is 5.80. The number of nitrogens with one attached hydrogen (secondary N) is 2. The Kier molecular flexibility index (Phi) is 4.86. The average molecular weight is 294 g/mol. The monoisotopic (exact) mass is 294 g/mol. The van der Waals surface area contributed by atoms with E-state index < -0.39 is 0 Å². The number of hydrogen-bond donors (Lipinski definition) is 2. The number of benzene rings is 2. The summed E-state index contributed by atoms with van der Waals surface area (Å²) in [7, 11) is 0. The van der Waals surface area contributed by atoms with E-state index in [0.717, 1.165) is 37.1 Å². The molecule has 0 spiro atoms. The van der Waals surface area contributed by atoms with Crippen molar-refractivity contribution in [3.63, 3.8) is 0 Å². The van der Waals surface area contributed by atoms with Crippen molar-refractivity contribution >= 4 is 5.91 Å². The number of hydrogen-bond acceptors (Lipinski definition) is 2. The molecule has 1 fully saturated rings. The molecule has 22 heavy (non-hydrogen) atoms. The van der Waals surface area contributed by atoms with Crippen LogP contribution in [-0.2, 0) is 4.79 Å². The Balaban J connectivity index is 1.81. The molecule has 0 aromatic heterocycles. The zero-order valence-electron chi connectivity index (χ0n) is 12.7. The van der Waals surface area contributed by atoms with Crippen molar-refractivity contribution in [3.8, 4) is 0 Å². The van der Waals surface area contributed by atoms with Crippen LogP contribution in [0.5, 0.6) is 0 Å².